The zero-order chi connectivity index (χ0) is 15.9. The van der Waals surface area contributed by atoms with Crippen molar-refractivity contribution in [3.63, 3.8) is 0 Å². The first-order chi connectivity index (χ1) is 10.3. The Morgan fingerprint density at radius 2 is 2.09 bits per heavy atom. The Labute approximate surface area is 133 Å². The summed E-state index contributed by atoms with van der Waals surface area (Å²) in [6.07, 6.45) is 6.63. The Morgan fingerprint density at radius 3 is 2.73 bits per heavy atom. The van der Waals surface area contributed by atoms with Crippen molar-refractivity contribution in [3.8, 4) is 0 Å². The molecule has 2 fully saturated rings. The van der Waals surface area contributed by atoms with E-state index in [1.807, 2.05) is 31.9 Å². The van der Waals surface area contributed by atoms with Gasteiger partial charge in [0.25, 0.3) is 0 Å². The van der Waals surface area contributed by atoms with Crippen LogP contribution in [0.1, 0.15) is 57.6 Å². The molecule has 3 rings (SSSR count). The molecule has 0 radical (unpaired) electrons. The molecule has 0 aromatic carbocycles. The summed E-state index contributed by atoms with van der Waals surface area (Å²) in [6.45, 7) is 9.91. The van der Waals surface area contributed by atoms with Crippen molar-refractivity contribution < 1.29 is 4.79 Å². The fourth-order valence-corrected chi connectivity index (χ4v) is 3.32. The van der Waals surface area contributed by atoms with Gasteiger partial charge in [0, 0.05) is 43.0 Å². The quantitative estimate of drug-likeness (QED) is 0.933. The van der Waals surface area contributed by atoms with Gasteiger partial charge in [0.15, 0.2) is 0 Å². The van der Waals surface area contributed by atoms with Gasteiger partial charge in [0.05, 0.1) is 0 Å². The van der Waals surface area contributed by atoms with Crippen molar-refractivity contribution >= 4 is 6.03 Å². The first-order valence-corrected chi connectivity index (χ1v) is 8.43. The molecule has 2 amide bonds. The lowest BCUT2D eigenvalue weighted by molar-refractivity contribution is 0.197. The molecule has 1 aliphatic carbocycles. The van der Waals surface area contributed by atoms with Gasteiger partial charge in [-0.05, 0) is 52.9 Å². The average molecular weight is 304 g/mol. The van der Waals surface area contributed by atoms with E-state index in [1.54, 1.807) is 0 Å². The number of hydrogen-bond donors (Lipinski definition) is 1. The smallest absolute Gasteiger partial charge is 0.317 e. The number of carbonyl (C=O) groups is 1. The molecule has 1 N–H and O–H groups in total. The SMILES string of the molecule is Cc1cnc(CC2CCN(C(=O)NC(C)(C)C)C2)n1C1CC1. The first-order valence-electron chi connectivity index (χ1n) is 8.43. The van der Waals surface area contributed by atoms with E-state index in [0.717, 1.165) is 25.9 Å². The maximum absolute atomic E-state index is 12.2. The van der Waals surface area contributed by atoms with Crippen LogP contribution in [0.15, 0.2) is 6.20 Å². The number of rotatable bonds is 3. The molecule has 2 aliphatic rings. The monoisotopic (exact) mass is 304 g/mol. The maximum Gasteiger partial charge on any atom is 0.317 e. The average Bonchev–Trinajstić information content (AvgIpc) is 3.00. The summed E-state index contributed by atoms with van der Waals surface area (Å²) in [6, 6.07) is 0.746. The molecule has 5 heteroatoms. The maximum atomic E-state index is 12.2. The summed E-state index contributed by atoms with van der Waals surface area (Å²) in [5.41, 5.74) is 1.10. The highest BCUT2D eigenvalue weighted by Crippen LogP contribution is 2.37. The number of nitrogens with zero attached hydrogens (tertiary/aromatic N) is 3. The number of aryl methyl sites for hydroxylation is 1. The number of likely N-dealkylation sites (tertiary alicyclic amines) is 1. The number of carbonyl (C=O) groups excluding carboxylic acids is 1. The summed E-state index contributed by atoms with van der Waals surface area (Å²) in [7, 11) is 0. The van der Waals surface area contributed by atoms with Gasteiger partial charge in [-0.15, -0.1) is 0 Å². The van der Waals surface area contributed by atoms with Gasteiger partial charge in [-0.25, -0.2) is 9.78 Å². The fourth-order valence-electron chi connectivity index (χ4n) is 3.32. The van der Waals surface area contributed by atoms with E-state index in [9.17, 15) is 4.79 Å². The third-order valence-corrected chi connectivity index (χ3v) is 4.50. The van der Waals surface area contributed by atoms with Gasteiger partial charge in [-0.2, -0.15) is 0 Å². The van der Waals surface area contributed by atoms with Crippen LogP contribution in [0.3, 0.4) is 0 Å². The molecule has 5 nitrogen and oxygen atoms in total. The Kier molecular flexibility index (Phi) is 3.91. The summed E-state index contributed by atoms with van der Waals surface area (Å²) < 4.78 is 2.41. The lowest BCUT2D eigenvalue weighted by Crippen LogP contribution is -2.47. The molecule has 1 aromatic heterocycles. The predicted molar refractivity (Wildman–Crippen MR) is 86.9 cm³/mol. The Hall–Kier alpha value is -1.52. The standard InChI is InChI=1S/C17H28N4O/c1-12-10-18-15(21(12)14-5-6-14)9-13-7-8-20(11-13)16(22)19-17(2,3)4/h10,13-14H,5-9,11H2,1-4H3,(H,19,22). The minimum atomic E-state index is -0.172. The largest absolute Gasteiger partial charge is 0.333 e. The number of nitrogens with one attached hydrogen (secondary N) is 1. The summed E-state index contributed by atoms with van der Waals surface area (Å²) in [5, 5.41) is 3.06. The molecule has 1 saturated carbocycles. The van der Waals surface area contributed by atoms with Crippen LogP contribution < -0.4 is 5.32 Å². The van der Waals surface area contributed by atoms with Crippen LogP contribution in [0, 0.1) is 12.8 Å². The summed E-state index contributed by atoms with van der Waals surface area (Å²) in [5.74, 6) is 1.74. The zero-order valence-corrected chi connectivity index (χ0v) is 14.2. The van der Waals surface area contributed by atoms with Gasteiger partial charge in [-0.3, -0.25) is 0 Å². The zero-order valence-electron chi connectivity index (χ0n) is 14.2. The van der Waals surface area contributed by atoms with E-state index in [-0.39, 0.29) is 11.6 Å². The minimum Gasteiger partial charge on any atom is -0.333 e. The second-order valence-electron chi connectivity index (χ2n) is 7.90. The van der Waals surface area contributed by atoms with Gasteiger partial charge in [-0.1, -0.05) is 0 Å². The number of urea groups is 1. The first kappa shape index (κ1) is 15.4. The van der Waals surface area contributed by atoms with Gasteiger partial charge in [0.1, 0.15) is 5.82 Å². The van der Waals surface area contributed by atoms with Crippen molar-refractivity contribution in [1.82, 2.24) is 19.8 Å². The van der Waals surface area contributed by atoms with Crippen LogP contribution in [-0.2, 0) is 6.42 Å². The van der Waals surface area contributed by atoms with Gasteiger partial charge in [0.2, 0.25) is 0 Å². The fraction of sp³-hybridized carbons (Fsp3) is 0.765. The van der Waals surface area contributed by atoms with Gasteiger partial charge < -0.3 is 14.8 Å². The third-order valence-electron chi connectivity index (χ3n) is 4.50. The molecule has 1 atom stereocenters. The van der Waals surface area contributed by atoms with Crippen molar-refractivity contribution in [2.75, 3.05) is 13.1 Å². The van der Waals surface area contributed by atoms with Crippen LogP contribution in [0.25, 0.3) is 0 Å². The number of aromatic nitrogens is 2. The highest BCUT2D eigenvalue weighted by atomic mass is 16.2. The number of amides is 2. The van der Waals surface area contributed by atoms with Crippen molar-refractivity contribution in [2.45, 2.75) is 65.0 Å². The second-order valence-corrected chi connectivity index (χ2v) is 7.90. The van der Waals surface area contributed by atoms with E-state index in [1.165, 1.54) is 24.4 Å². The molecule has 1 saturated heterocycles. The topological polar surface area (TPSA) is 50.2 Å². The van der Waals surface area contributed by atoms with Crippen molar-refractivity contribution in [2.24, 2.45) is 5.92 Å². The molecule has 2 heterocycles. The Morgan fingerprint density at radius 1 is 1.36 bits per heavy atom. The summed E-state index contributed by atoms with van der Waals surface area (Å²) in [4.78, 5) is 18.8. The molecule has 0 spiro atoms. The second kappa shape index (κ2) is 5.60. The third kappa shape index (κ3) is 3.45. The van der Waals surface area contributed by atoms with Crippen LogP contribution in [0.5, 0.6) is 0 Å². The van der Waals surface area contributed by atoms with E-state index in [0.29, 0.717) is 12.0 Å². The van der Waals surface area contributed by atoms with Crippen molar-refractivity contribution in [1.29, 1.82) is 0 Å². The van der Waals surface area contributed by atoms with E-state index < -0.39 is 0 Å². The predicted octanol–water partition coefficient (Wildman–Crippen LogP) is 2.90. The molecule has 1 aromatic rings. The molecule has 1 aliphatic heterocycles. The van der Waals surface area contributed by atoms with Crippen molar-refractivity contribution in [3.05, 3.63) is 17.7 Å². The highest BCUT2D eigenvalue weighted by Gasteiger charge is 2.31. The van der Waals surface area contributed by atoms with E-state index in [4.69, 9.17) is 0 Å². The van der Waals surface area contributed by atoms with Crippen LogP contribution in [-0.4, -0.2) is 39.1 Å². The molecular formula is C17H28N4O. The highest BCUT2D eigenvalue weighted by molar-refractivity contribution is 5.75. The molecule has 0 bridgehead atoms. The Bertz CT molecular complexity index is 553. The molecule has 1 unspecified atom stereocenters. The lowest BCUT2D eigenvalue weighted by atomic mass is 10.0. The normalized spacial score (nSPS) is 22.2. The molecule has 22 heavy (non-hydrogen) atoms. The minimum absolute atomic E-state index is 0.0664. The summed E-state index contributed by atoms with van der Waals surface area (Å²) >= 11 is 0. The van der Waals surface area contributed by atoms with E-state index in [2.05, 4.69) is 21.8 Å². The number of imidazole rings is 1. The van der Waals surface area contributed by atoms with Crippen LogP contribution in [0.2, 0.25) is 0 Å². The van der Waals surface area contributed by atoms with Gasteiger partial charge >= 0.3 is 6.03 Å². The lowest BCUT2D eigenvalue weighted by Gasteiger charge is -2.25. The number of hydrogen-bond acceptors (Lipinski definition) is 2. The Balaban J connectivity index is 1.58. The molecular weight excluding hydrogens is 276 g/mol. The van der Waals surface area contributed by atoms with Crippen LogP contribution in [0.4, 0.5) is 4.79 Å². The van der Waals surface area contributed by atoms with Crippen LogP contribution >= 0.6 is 0 Å². The van der Waals surface area contributed by atoms with E-state index >= 15 is 0 Å². The molecule has 122 valence electrons.